The summed E-state index contributed by atoms with van der Waals surface area (Å²) in [6.45, 7) is 6.95. The van der Waals surface area contributed by atoms with Gasteiger partial charge in [-0.1, -0.05) is 303 Å². The number of hydrogen-bond donors (Lipinski definition) is 0. The molecule has 0 N–H and O–H groups in total. The summed E-state index contributed by atoms with van der Waals surface area (Å²) in [6, 6.07) is 0. The molecule has 0 heteroatoms. The van der Waals surface area contributed by atoms with Crippen LogP contribution < -0.4 is 0 Å². The van der Waals surface area contributed by atoms with Gasteiger partial charge in [-0.3, -0.25) is 0 Å². The molecule has 1 radical (unpaired) electrons. The van der Waals surface area contributed by atoms with E-state index in [0.29, 0.717) is 0 Å². The lowest BCUT2D eigenvalue weighted by atomic mass is 9.89. The fourth-order valence-corrected chi connectivity index (χ4v) is 8.68. The van der Waals surface area contributed by atoms with E-state index in [4.69, 9.17) is 0 Å². The summed E-state index contributed by atoms with van der Waals surface area (Å²) in [6.07, 6.45) is 76.0. The van der Waals surface area contributed by atoms with Crippen LogP contribution in [-0.4, -0.2) is 0 Å². The Kier molecular flexibility index (Phi) is 50.5. The van der Waals surface area contributed by atoms with Crippen LogP contribution in [0.3, 0.4) is 0 Å². The average Bonchev–Trinajstić information content (AvgIpc) is 3.18. The Morgan fingerprint density at radius 2 is 0.426 bits per heavy atom. The van der Waals surface area contributed by atoms with E-state index in [1.807, 2.05) is 0 Å². The van der Waals surface area contributed by atoms with Crippen molar-refractivity contribution in [1.29, 1.82) is 0 Å². The highest BCUT2D eigenvalue weighted by Gasteiger charge is 2.09. The van der Waals surface area contributed by atoms with Crippen LogP contribution in [0.2, 0.25) is 0 Å². The van der Waals surface area contributed by atoms with Gasteiger partial charge >= 0.3 is 0 Å². The normalized spacial score (nSPS) is 12.4. The fraction of sp³-hybridized carbons (Fsp3) is 0.944. The number of unbranched alkanes of at least 4 members (excludes halogenated alkanes) is 41. The minimum Gasteiger partial charge on any atom is -0.0885 e. The minimum atomic E-state index is 0.890. The molecular weight excluding hydrogens is 649 g/mol. The van der Waals surface area contributed by atoms with Crippen LogP contribution in [0.1, 0.15) is 323 Å². The van der Waals surface area contributed by atoms with Crippen LogP contribution in [0, 0.1) is 12.3 Å². The largest absolute Gasteiger partial charge is 0.0885 e. The molecule has 0 nitrogen and oxygen atoms in total. The van der Waals surface area contributed by atoms with E-state index in [-0.39, 0.29) is 0 Å². The molecule has 1 atom stereocenters. The van der Waals surface area contributed by atoms with Gasteiger partial charge in [0.15, 0.2) is 0 Å². The molecule has 0 aliphatic heterocycles. The monoisotopic (exact) mass is 756 g/mol. The van der Waals surface area contributed by atoms with E-state index in [1.54, 1.807) is 0 Å². The molecule has 0 fully saturated rings. The van der Waals surface area contributed by atoms with Crippen LogP contribution in [0.4, 0.5) is 0 Å². The van der Waals surface area contributed by atoms with E-state index < -0.39 is 0 Å². The first-order chi connectivity index (χ1) is 26.8. The van der Waals surface area contributed by atoms with Crippen molar-refractivity contribution < 1.29 is 0 Å². The molecule has 0 spiro atoms. The molecule has 1 unspecified atom stereocenters. The number of rotatable bonds is 49. The van der Waals surface area contributed by atoms with Gasteiger partial charge in [0.05, 0.1) is 0 Å². The number of hydrogen-bond acceptors (Lipinski definition) is 0. The fourth-order valence-electron chi connectivity index (χ4n) is 8.68. The second kappa shape index (κ2) is 50.8. The maximum atomic E-state index is 2.79. The van der Waals surface area contributed by atoms with Crippen molar-refractivity contribution in [2.75, 3.05) is 0 Å². The van der Waals surface area contributed by atoms with Crippen LogP contribution in [0.25, 0.3) is 0 Å². The van der Waals surface area contributed by atoms with Gasteiger partial charge < -0.3 is 0 Å². The van der Waals surface area contributed by atoms with Crippen molar-refractivity contribution in [2.45, 2.75) is 323 Å². The lowest BCUT2D eigenvalue weighted by Crippen LogP contribution is -2.02. The molecule has 0 aromatic carbocycles. The highest BCUT2D eigenvalue weighted by molar-refractivity contribution is 4.82. The van der Waals surface area contributed by atoms with Crippen LogP contribution in [0.15, 0.2) is 12.2 Å². The summed E-state index contributed by atoms with van der Waals surface area (Å²) < 4.78 is 0. The van der Waals surface area contributed by atoms with Crippen molar-refractivity contribution >= 4 is 0 Å². The third-order valence-electron chi connectivity index (χ3n) is 12.6. The molecule has 0 amide bonds. The molecule has 0 saturated heterocycles. The Morgan fingerprint density at radius 3 is 0.704 bits per heavy atom. The zero-order valence-electron chi connectivity index (χ0n) is 38.5. The lowest BCUT2D eigenvalue weighted by Gasteiger charge is -2.17. The first-order valence-electron chi connectivity index (χ1n) is 26.3. The highest BCUT2D eigenvalue weighted by atomic mass is 14.1. The SMILES string of the molecule is CCCCCCCC/C=C\CCCCCC([CH]CCCCCCCCCCCCCCCCCCC)CCCCCCCCCCCCCCCCCC. The molecule has 0 heterocycles. The Labute approximate surface area is 345 Å². The Morgan fingerprint density at radius 1 is 0.222 bits per heavy atom. The predicted octanol–water partition coefficient (Wildman–Crippen LogP) is 20.8. The molecular formula is C54H107. The summed E-state index contributed by atoms with van der Waals surface area (Å²) in [7, 11) is 0. The average molecular weight is 756 g/mol. The molecule has 54 heavy (non-hydrogen) atoms. The molecule has 0 aliphatic rings. The molecule has 0 aromatic heterocycles. The van der Waals surface area contributed by atoms with Gasteiger partial charge in [-0.25, -0.2) is 0 Å². The first-order valence-corrected chi connectivity index (χ1v) is 26.3. The van der Waals surface area contributed by atoms with Crippen molar-refractivity contribution in [3.05, 3.63) is 18.6 Å². The molecule has 0 saturated carbocycles. The standard InChI is InChI=1S/C54H107/c1-4-7-10-13-16-19-22-25-27-29-30-32-35-38-41-44-47-50-53-54(51-48-45-42-39-36-33-24-21-18-15-12-9-6-3)52-49-46-43-40-37-34-31-28-26-23-20-17-14-11-8-5-2/h33,36,53-54H,4-32,34-35,37-52H2,1-3H3/b36-33-. The molecule has 0 aliphatic carbocycles. The van der Waals surface area contributed by atoms with E-state index in [1.165, 1.54) is 302 Å². The van der Waals surface area contributed by atoms with E-state index >= 15 is 0 Å². The first kappa shape index (κ1) is 53.7. The highest BCUT2D eigenvalue weighted by Crippen LogP contribution is 2.24. The smallest absolute Gasteiger partial charge is 0.0351 e. The van der Waals surface area contributed by atoms with Gasteiger partial charge in [0.1, 0.15) is 0 Å². The second-order valence-electron chi connectivity index (χ2n) is 18.2. The van der Waals surface area contributed by atoms with Gasteiger partial charge in [-0.15, -0.1) is 0 Å². The summed E-state index contributed by atoms with van der Waals surface area (Å²) in [5.41, 5.74) is 0. The van der Waals surface area contributed by atoms with E-state index in [2.05, 4.69) is 39.3 Å². The van der Waals surface area contributed by atoms with Gasteiger partial charge in [0.25, 0.3) is 0 Å². The summed E-state index contributed by atoms with van der Waals surface area (Å²) in [5.74, 6) is 0.890. The van der Waals surface area contributed by atoms with Gasteiger partial charge in [0, 0.05) is 0 Å². The molecule has 0 rings (SSSR count). The number of allylic oxidation sites excluding steroid dienone is 2. The van der Waals surface area contributed by atoms with Crippen LogP contribution in [0.5, 0.6) is 0 Å². The molecule has 0 aromatic rings. The van der Waals surface area contributed by atoms with Crippen LogP contribution >= 0.6 is 0 Å². The summed E-state index contributed by atoms with van der Waals surface area (Å²) in [4.78, 5) is 0. The zero-order valence-corrected chi connectivity index (χ0v) is 38.5. The Balaban J connectivity index is 3.95. The van der Waals surface area contributed by atoms with Gasteiger partial charge in [0.2, 0.25) is 0 Å². The van der Waals surface area contributed by atoms with Crippen molar-refractivity contribution in [3.63, 3.8) is 0 Å². The van der Waals surface area contributed by atoms with E-state index in [0.717, 1.165) is 5.92 Å². The van der Waals surface area contributed by atoms with Crippen molar-refractivity contribution in [3.8, 4) is 0 Å². The maximum absolute atomic E-state index is 2.79. The van der Waals surface area contributed by atoms with E-state index in [9.17, 15) is 0 Å². The van der Waals surface area contributed by atoms with Gasteiger partial charge in [-0.2, -0.15) is 0 Å². The summed E-state index contributed by atoms with van der Waals surface area (Å²) >= 11 is 0. The van der Waals surface area contributed by atoms with Gasteiger partial charge in [-0.05, 0) is 44.4 Å². The maximum Gasteiger partial charge on any atom is -0.0351 e. The minimum absolute atomic E-state index is 0.890. The summed E-state index contributed by atoms with van der Waals surface area (Å²) in [5, 5.41) is 0. The van der Waals surface area contributed by atoms with Crippen LogP contribution in [-0.2, 0) is 0 Å². The van der Waals surface area contributed by atoms with Crippen molar-refractivity contribution in [1.82, 2.24) is 0 Å². The Hall–Kier alpha value is -0.260. The topological polar surface area (TPSA) is 0 Å². The third kappa shape index (κ3) is 47.9. The third-order valence-corrected chi connectivity index (χ3v) is 12.6. The molecule has 323 valence electrons. The Bertz CT molecular complexity index is 646. The quantitative estimate of drug-likeness (QED) is 0.0428. The second-order valence-corrected chi connectivity index (χ2v) is 18.2. The van der Waals surface area contributed by atoms with Crippen molar-refractivity contribution in [2.24, 2.45) is 5.92 Å². The predicted molar refractivity (Wildman–Crippen MR) is 251 cm³/mol. The molecule has 0 bridgehead atoms. The lowest BCUT2D eigenvalue weighted by molar-refractivity contribution is 0.432. The zero-order chi connectivity index (χ0) is 38.9.